The van der Waals surface area contributed by atoms with Gasteiger partial charge in [0.2, 0.25) is 0 Å². The van der Waals surface area contributed by atoms with E-state index < -0.39 is 0 Å². The van der Waals surface area contributed by atoms with Crippen LogP contribution in [0.3, 0.4) is 0 Å². The molecule has 112 valence electrons. The average molecular weight is 293 g/mol. The van der Waals surface area contributed by atoms with Gasteiger partial charge in [0, 0.05) is 36.0 Å². The average Bonchev–Trinajstić information content (AvgIpc) is 3.17. The van der Waals surface area contributed by atoms with E-state index in [0.29, 0.717) is 6.61 Å². The Morgan fingerprint density at radius 2 is 2.25 bits per heavy atom. The third-order valence-corrected chi connectivity index (χ3v) is 5.92. The van der Waals surface area contributed by atoms with Crippen molar-refractivity contribution in [2.45, 2.75) is 58.0 Å². The summed E-state index contributed by atoms with van der Waals surface area (Å²) >= 11 is 1.86. The highest BCUT2D eigenvalue weighted by Gasteiger charge is 2.39. The predicted molar refractivity (Wildman–Crippen MR) is 84.9 cm³/mol. The van der Waals surface area contributed by atoms with Gasteiger partial charge in [-0.2, -0.15) is 0 Å². The van der Waals surface area contributed by atoms with E-state index in [4.69, 9.17) is 0 Å². The Balaban J connectivity index is 1.68. The van der Waals surface area contributed by atoms with Crippen LogP contribution in [0.15, 0.2) is 17.5 Å². The van der Waals surface area contributed by atoms with Crippen molar-refractivity contribution in [3.63, 3.8) is 0 Å². The molecule has 0 aromatic carbocycles. The van der Waals surface area contributed by atoms with Gasteiger partial charge in [-0.3, -0.25) is 4.90 Å². The Morgan fingerprint density at radius 1 is 1.40 bits per heavy atom. The lowest BCUT2D eigenvalue weighted by Gasteiger charge is -2.42. The van der Waals surface area contributed by atoms with Gasteiger partial charge in [0.05, 0.1) is 0 Å². The normalized spacial score (nSPS) is 30.9. The summed E-state index contributed by atoms with van der Waals surface area (Å²) < 4.78 is 0. The standard InChI is InChI=1S/C17H27NOS/c1-14-4-2-8-17(10-14,13-19)12-18(15-6-7-15)11-16-5-3-9-20-16/h3,5,9,14-15,19H,2,4,6-8,10-13H2,1H3. The van der Waals surface area contributed by atoms with Crippen molar-refractivity contribution in [3.8, 4) is 0 Å². The van der Waals surface area contributed by atoms with E-state index in [-0.39, 0.29) is 5.41 Å². The minimum Gasteiger partial charge on any atom is -0.396 e. The van der Waals surface area contributed by atoms with Crippen LogP contribution in [-0.2, 0) is 6.54 Å². The van der Waals surface area contributed by atoms with Gasteiger partial charge in [0.25, 0.3) is 0 Å². The lowest BCUT2D eigenvalue weighted by Crippen LogP contribution is -2.43. The highest BCUT2D eigenvalue weighted by molar-refractivity contribution is 7.09. The Bertz CT molecular complexity index is 415. The van der Waals surface area contributed by atoms with Crippen LogP contribution < -0.4 is 0 Å². The van der Waals surface area contributed by atoms with Crippen LogP contribution in [0.1, 0.15) is 50.3 Å². The molecule has 2 aliphatic carbocycles. The van der Waals surface area contributed by atoms with Gasteiger partial charge in [-0.25, -0.2) is 0 Å². The zero-order valence-corrected chi connectivity index (χ0v) is 13.4. The molecule has 0 aliphatic heterocycles. The molecule has 0 amide bonds. The van der Waals surface area contributed by atoms with Gasteiger partial charge in [0.15, 0.2) is 0 Å². The molecule has 1 aromatic heterocycles. The van der Waals surface area contributed by atoms with E-state index in [9.17, 15) is 5.11 Å². The fraction of sp³-hybridized carbons (Fsp3) is 0.765. The summed E-state index contributed by atoms with van der Waals surface area (Å²) in [5.41, 5.74) is 0.164. The monoisotopic (exact) mass is 293 g/mol. The summed E-state index contributed by atoms with van der Waals surface area (Å²) in [6, 6.07) is 5.17. The van der Waals surface area contributed by atoms with E-state index in [1.807, 2.05) is 11.3 Å². The lowest BCUT2D eigenvalue weighted by atomic mass is 9.70. The minimum atomic E-state index is 0.164. The molecular formula is C17H27NOS. The maximum absolute atomic E-state index is 10.0. The van der Waals surface area contributed by atoms with Crippen LogP contribution in [0.2, 0.25) is 0 Å². The first-order valence-electron chi connectivity index (χ1n) is 8.08. The SMILES string of the molecule is CC1CCCC(CO)(CN(Cc2cccs2)C2CC2)C1. The molecule has 2 aliphatic rings. The number of nitrogens with zero attached hydrogens (tertiary/aromatic N) is 1. The van der Waals surface area contributed by atoms with Crippen LogP contribution in [0, 0.1) is 11.3 Å². The number of hydrogen-bond donors (Lipinski definition) is 1. The number of aliphatic hydroxyl groups excluding tert-OH is 1. The lowest BCUT2D eigenvalue weighted by molar-refractivity contribution is 0.0191. The molecule has 1 N–H and O–H groups in total. The van der Waals surface area contributed by atoms with Crippen molar-refractivity contribution in [1.82, 2.24) is 4.90 Å². The zero-order valence-electron chi connectivity index (χ0n) is 12.6. The van der Waals surface area contributed by atoms with E-state index in [1.54, 1.807) is 0 Å². The molecule has 3 heteroatoms. The Morgan fingerprint density at radius 3 is 2.85 bits per heavy atom. The quantitative estimate of drug-likeness (QED) is 0.860. The fourth-order valence-corrected chi connectivity index (χ4v) is 4.62. The zero-order chi connectivity index (χ0) is 14.0. The van der Waals surface area contributed by atoms with E-state index in [1.165, 1.54) is 43.4 Å². The van der Waals surface area contributed by atoms with E-state index in [2.05, 4.69) is 29.3 Å². The molecule has 1 aromatic rings. The van der Waals surface area contributed by atoms with E-state index >= 15 is 0 Å². The van der Waals surface area contributed by atoms with Crippen LogP contribution >= 0.6 is 11.3 Å². The van der Waals surface area contributed by atoms with Crippen LogP contribution in [-0.4, -0.2) is 29.2 Å². The van der Waals surface area contributed by atoms with E-state index in [0.717, 1.165) is 25.0 Å². The van der Waals surface area contributed by atoms with Crippen molar-refractivity contribution in [1.29, 1.82) is 0 Å². The minimum absolute atomic E-state index is 0.164. The number of aliphatic hydroxyl groups is 1. The molecular weight excluding hydrogens is 266 g/mol. The topological polar surface area (TPSA) is 23.5 Å². The maximum Gasteiger partial charge on any atom is 0.0499 e. The molecule has 0 spiro atoms. The number of rotatable bonds is 6. The second-order valence-corrected chi connectivity index (χ2v) is 8.11. The first-order valence-corrected chi connectivity index (χ1v) is 8.96. The first kappa shape index (κ1) is 14.6. The molecule has 0 radical (unpaired) electrons. The van der Waals surface area contributed by atoms with Crippen molar-refractivity contribution in [2.75, 3.05) is 13.2 Å². The van der Waals surface area contributed by atoms with Crippen LogP contribution in [0.4, 0.5) is 0 Å². The summed E-state index contributed by atoms with van der Waals surface area (Å²) in [7, 11) is 0. The second kappa shape index (κ2) is 6.17. The number of thiophene rings is 1. The summed E-state index contributed by atoms with van der Waals surface area (Å²) in [5, 5.41) is 12.2. The molecule has 2 atom stereocenters. The van der Waals surface area contributed by atoms with Gasteiger partial charge in [0.1, 0.15) is 0 Å². The molecule has 0 saturated heterocycles. The first-order chi connectivity index (χ1) is 9.71. The van der Waals surface area contributed by atoms with Crippen LogP contribution in [0.5, 0.6) is 0 Å². The van der Waals surface area contributed by atoms with Gasteiger partial charge >= 0.3 is 0 Å². The molecule has 2 saturated carbocycles. The summed E-state index contributed by atoms with van der Waals surface area (Å²) in [5.74, 6) is 0.777. The molecule has 3 rings (SSSR count). The van der Waals surface area contributed by atoms with Crippen LogP contribution in [0.25, 0.3) is 0 Å². The van der Waals surface area contributed by atoms with Gasteiger partial charge < -0.3 is 5.11 Å². The van der Waals surface area contributed by atoms with Gasteiger partial charge in [-0.15, -0.1) is 11.3 Å². The molecule has 2 fully saturated rings. The largest absolute Gasteiger partial charge is 0.396 e. The highest BCUT2D eigenvalue weighted by atomic mass is 32.1. The smallest absolute Gasteiger partial charge is 0.0499 e. The Hall–Kier alpha value is -0.380. The molecule has 20 heavy (non-hydrogen) atoms. The molecule has 2 nitrogen and oxygen atoms in total. The second-order valence-electron chi connectivity index (χ2n) is 7.08. The Labute approximate surface area is 126 Å². The summed E-state index contributed by atoms with van der Waals surface area (Å²) in [6.07, 6.45) is 7.75. The molecule has 1 heterocycles. The van der Waals surface area contributed by atoms with Gasteiger partial charge in [-0.1, -0.05) is 25.8 Å². The van der Waals surface area contributed by atoms with Crippen molar-refractivity contribution < 1.29 is 5.11 Å². The Kier molecular flexibility index (Phi) is 4.49. The third kappa shape index (κ3) is 3.44. The molecule has 0 bridgehead atoms. The van der Waals surface area contributed by atoms with Crippen molar-refractivity contribution >= 4 is 11.3 Å². The molecule has 2 unspecified atom stereocenters. The van der Waals surface area contributed by atoms with Crippen molar-refractivity contribution in [3.05, 3.63) is 22.4 Å². The number of hydrogen-bond acceptors (Lipinski definition) is 3. The highest BCUT2D eigenvalue weighted by Crippen LogP contribution is 2.42. The maximum atomic E-state index is 10.0. The predicted octanol–water partition coefficient (Wildman–Crippen LogP) is 3.90. The summed E-state index contributed by atoms with van der Waals surface area (Å²) in [4.78, 5) is 4.12. The van der Waals surface area contributed by atoms with Gasteiger partial charge in [-0.05, 0) is 43.0 Å². The fourth-order valence-electron chi connectivity index (χ4n) is 3.89. The van der Waals surface area contributed by atoms with Crippen molar-refractivity contribution in [2.24, 2.45) is 11.3 Å². The summed E-state index contributed by atoms with van der Waals surface area (Å²) in [6.45, 7) is 4.89. The third-order valence-electron chi connectivity index (χ3n) is 5.06.